The minimum Gasteiger partial charge on any atom is -0.460 e. The number of nitrogens with one attached hydrogen (secondary N) is 1. The quantitative estimate of drug-likeness (QED) is 0.451. The van der Waals surface area contributed by atoms with Crippen LogP contribution in [0.2, 0.25) is 0 Å². The summed E-state index contributed by atoms with van der Waals surface area (Å²) in [5.74, 6) is -0.506. The number of ether oxygens (including phenoxy) is 1. The summed E-state index contributed by atoms with van der Waals surface area (Å²) in [6, 6.07) is 18.8. The van der Waals surface area contributed by atoms with Crippen LogP contribution in [0, 0.1) is 0 Å². The molecule has 6 nitrogen and oxygen atoms in total. The molecule has 1 atom stereocenters. The summed E-state index contributed by atoms with van der Waals surface area (Å²) in [4.78, 5) is 42.5. The van der Waals surface area contributed by atoms with Crippen molar-refractivity contribution in [3.8, 4) is 0 Å². The van der Waals surface area contributed by atoms with Crippen LogP contribution in [0.4, 0.5) is 0 Å². The third-order valence-electron chi connectivity index (χ3n) is 5.12. The molecule has 1 N–H and O–H groups in total. The summed E-state index contributed by atoms with van der Waals surface area (Å²) in [7, 11) is 0. The molecule has 32 heavy (non-hydrogen) atoms. The first-order valence-corrected chi connectivity index (χ1v) is 11.7. The van der Waals surface area contributed by atoms with E-state index in [2.05, 4.69) is 4.98 Å². The molecule has 0 radical (unpaired) electrons. The molecule has 0 bridgehead atoms. The molecule has 0 spiro atoms. The number of carbonyl (C=O) groups is 1. The summed E-state index contributed by atoms with van der Waals surface area (Å²) < 4.78 is 6.65. The second-order valence-corrected chi connectivity index (χ2v) is 9.65. The van der Waals surface area contributed by atoms with Gasteiger partial charge in [0.25, 0.3) is 5.56 Å². The lowest BCUT2D eigenvalue weighted by Gasteiger charge is -2.18. The lowest BCUT2D eigenvalue weighted by molar-refractivity contribution is 0.0522. The third kappa shape index (κ3) is 4.06. The predicted octanol–water partition coefficient (Wildman–Crippen LogP) is 4.14. The molecule has 2 aromatic carbocycles. The number of thiophene rings is 1. The molecular formula is C24H18N2O4S2. The van der Waals surface area contributed by atoms with E-state index in [1.54, 1.807) is 11.8 Å². The zero-order valence-electron chi connectivity index (χ0n) is 16.8. The summed E-state index contributed by atoms with van der Waals surface area (Å²) >= 11 is 2.70. The molecule has 160 valence electrons. The van der Waals surface area contributed by atoms with Crippen molar-refractivity contribution < 1.29 is 9.53 Å². The monoisotopic (exact) mass is 462 g/mol. The van der Waals surface area contributed by atoms with Crippen LogP contribution in [0.1, 0.15) is 20.8 Å². The number of aromatic amines is 1. The number of rotatable bonds is 5. The van der Waals surface area contributed by atoms with Crippen molar-refractivity contribution in [2.24, 2.45) is 0 Å². The van der Waals surface area contributed by atoms with Crippen LogP contribution in [-0.2, 0) is 11.3 Å². The van der Waals surface area contributed by atoms with E-state index in [0.717, 1.165) is 31.9 Å². The molecule has 5 rings (SSSR count). The van der Waals surface area contributed by atoms with Crippen molar-refractivity contribution in [1.29, 1.82) is 0 Å². The lowest BCUT2D eigenvalue weighted by atomic mass is 10.2. The van der Waals surface area contributed by atoms with E-state index in [1.807, 2.05) is 66.7 Å². The Balaban J connectivity index is 1.33. The molecule has 0 aliphatic carbocycles. The highest BCUT2D eigenvalue weighted by molar-refractivity contribution is 8.00. The zero-order chi connectivity index (χ0) is 22.1. The van der Waals surface area contributed by atoms with Crippen molar-refractivity contribution in [1.82, 2.24) is 9.55 Å². The number of thioether (sulfide) groups is 1. The van der Waals surface area contributed by atoms with Gasteiger partial charge in [-0.15, -0.1) is 23.1 Å². The van der Waals surface area contributed by atoms with Gasteiger partial charge in [-0.25, -0.2) is 9.59 Å². The fourth-order valence-electron chi connectivity index (χ4n) is 3.51. The van der Waals surface area contributed by atoms with E-state index in [9.17, 15) is 14.4 Å². The van der Waals surface area contributed by atoms with Crippen LogP contribution in [-0.4, -0.2) is 27.4 Å². The molecule has 1 unspecified atom stereocenters. The zero-order valence-corrected chi connectivity index (χ0v) is 18.4. The van der Waals surface area contributed by atoms with E-state index in [-0.39, 0.29) is 23.3 Å². The highest BCUT2D eigenvalue weighted by Crippen LogP contribution is 2.33. The van der Waals surface area contributed by atoms with Crippen LogP contribution in [0.15, 0.2) is 81.2 Å². The Morgan fingerprint density at radius 2 is 1.84 bits per heavy atom. The van der Waals surface area contributed by atoms with Gasteiger partial charge in [-0.2, -0.15) is 0 Å². The molecule has 0 saturated carbocycles. The number of H-pyrrole nitrogens is 1. The fourth-order valence-corrected chi connectivity index (χ4v) is 5.49. The minimum atomic E-state index is -0.506. The average Bonchev–Trinajstić information content (AvgIpc) is 3.25. The van der Waals surface area contributed by atoms with E-state index in [4.69, 9.17) is 4.74 Å². The number of nitrogens with zero attached hydrogens (tertiary/aromatic N) is 1. The van der Waals surface area contributed by atoms with Crippen molar-refractivity contribution in [3.63, 3.8) is 0 Å². The Morgan fingerprint density at radius 1 is 1.06 bits per heavy atom. The lowest BCUT2D eigenvalue weighted by Crippen LogP contribution is -2.34. The van der Waals surface area contributed by atoms with Gasteiger partial charge in [-0.3, -0.25) is 14.3 Å². The number of benzene rings is 2. The Bertz CT molecular complexity index is 1450. The maximum Gasteiger partial charge on any atom is 0.348 e. The van der Waals surface area contributed by atoms with Gasteiger partial charge >= 0.3 is 11.7 Å². The number of hydrogen-bond acceptors (Lipinski definition) is 6. The molecule has 0 saturated heterocycles. The van der Waals surface area contributed by atoms with Crippen LogP contribution in [0.5, 0.6) is 0 Å². The highest BCUT2D eigenvalue weighted by Gasteiger charge is 2.20. The van der Waals surface area contributed by atoms with Gasteiger partial charge in [-0.05, 0) is 23.3 Å². The van der Waals surface area contributed by atoms with E-state index in [1.165, 1.54) is 6.07 Å². The number of fused-ring (bicyclic) bond motifs is 2. The molecule has 2 aromatic heterocycles. The molecule has 1 aliphatic heterocycles. The predicted molar refractivity (Wildman–Crippen MR) is 128 cm³/mol. The van der Waals surface area contributed by atoms with Crippen molar-refractivity contribution in [3.05, 3.63) is 104 Å². The standard InChI is InChI=1S/C24H18N2O4S2/c27-22-18-12-20(23(28)30-14-17-11-10-16-8-4-5-9-19(16)31-17)32-21(18)25-24(29)26(22)13-15-6-2-1-3-7-15/h1-12,17H,13-14H2,(H,25,29). The topological polar surface area (TPSA) is 81.2 Å². The Hall–Kier alpha value is -3.36. The van der Waals surface area contributed by atoms with Gasteiger partial charge in [0.2, 0.25) is 0 Å². The van der Waals surface area contributed by atoms with E-state index >= 15 is 0 Å². The molecular weight excluding hydrogens is 444 g/mol. The van der Waals surface area contributed by atoms with Crippen LogP contribution < -0.4 is 11.2 Å². The summed E-state index contributed by atoms with van der Waals surface area (Å²) in [6.45, 7) is 0.380. The van der Waals surface area contributed by atoms with E-state index < -0.39 is 17.2 Å². The normalized spacial score (nSPS) is 14.9. The van der Waals surface area contributed by atoms with Gasteiger partial charge in [-0.1, -0.05) is 60.7 Å². The average molecular weight is 463 g/mol. The fraction of sp³-hybridized carbons (Fsp3) is 0.125. The molecule has 0 fully saturated rings. The van der Waals surface area contributed by atoms with Gasteiger partial charge < -0.3 is 4.74 Å². The molecule has 3 heterocycles. The Kier molecular flexibility index (Phi) is 5.55. The number of carbonyl (C=O) groups excluding carboxylic acids is 1. The first-order valence-electron chi connectivity index (χ1n) is 10.00. The smallest absolute Gasteiger partial charge is 0.348 e. The van der Waals surface area contributed by atoms with Gasteiger partial charge in [0, 0.05) is 4.90 Å². The first kappa shape index (κ1) is 20.5. The number of aromatic nitrogens is 2. The van der Waals surface area contributed by atoms with Crippen molar-refractivity contribution in [2.45, 2.75) is 16.7 Å². The van der Waals surface area contributed by atoms with Crippen molar-refractivity contribution >= 4 is 45.4 Å². The first-order chi connectivity index (χ1) is 15.6. The van der Waals surface area contributed by atoms with Crippen LogP contribution in [0.3, 0.4) is 0 Å². The largest absolute Gasteiger partial charge is 0.460 e. The van der Waals surface area contributed by atoms with Gasteiger partial charge in [0.15, 0.2) is 0 Å². The van der Waals surface area contributed by atoms with Gasteiger partial charge in [0.05, 0.1) is 17.2 Å². The van der Waals surface area contributed by atoms with Gasteiger partial charge in [0.1, 0.15) is 16.3 Å². The van der Waals surface area contributed by atoms with Crippen LogP contribution in [0.25, 0.3) is 16.3 Å². The number of esters is 1. The summed E-state index contributed by atoms with van der Waals surface area (Å²) in [5.41, 5.74) is 1.06. The van der Waals surface area contributed by atoms with E-state index in [0.29, 0.717) is 10.2 Å². The summed E-state index contributed by atoms with van der Waals surface area (Å²) in [5, 5.41) is 0.324. The highest BCUT2D eigenvalue weighted by atomic mass is 32.2. The summed E-state index contributed by atoms with van der Waals surface area (Å²) in [6.07, 6.45) is 4.05. The third-order valence-corrected chi connectivity index (χ3v) is 7.38. The maximum atomic E-state index is 12.9. The molecule has 4 aromatic rings. The molecule has 0 amide bonds. The SMILES string of the molecule is O=C(OCC1C=Cc2ccccc2S1)c1cc2c(=O)n(Cc3ccccc3)c(=O)[nH]c2s1. The maximum absolute atomic E-state index is 12.9. The molecule has 1 aliphatic rings. The number of hydrogen-bond donors (Lipinski definition) is 1. The molecule has 8 heteroatoms. The Morgan fingerprint density at radius 3 is 2.69 bits per heavy atom. The second kappa shape index (κ2) is 8.64. The van der Waals surface area contributed by atoms with Crippen molar-refractivity contribution in [2.75, 3.05) is 6.61 Å². The second-order valence-electron chi connectivity index (χ2n) is 7.31. The van der Waals surface area contributed by atoms with Crippen LogP contribution >= 0.6 is 23.1 Å². The Labute approximate surface area is 191 Å². The minimum absolute atomic E-state index is 0.0196.